The number of carbonyl (C=O) groups excluding carboxylic acids is 1. The van der Waals surface area contributed by atoms with E-state index in [4.69, 9.17) is 9.47 Å². The molecule has 1 amide bonds. The largest absolute Gasteiger partial charge is 0.490 e. The van der Waals surface area contributed by atoms with Crippen LogP contribution < -0.4 is 14.8 Å². The molecule has 0 saturated carbocycles. The molecule has 0 spiro atoms. The summed E-state index contributed by atoms with van der Waals surface area (Å²) in [6.45, 7) is 2.55. The maximum atomic E-state index is 12.6. The second-order valence-corrected chi connectivity index (χ2v) is 6.01. The number of non-ortho nitro benzene ring substituents is 1. The van der Waals surface area contributed by atoms with Crippen molar-refractivity contribution >= 4 is 17.3 Å². The summed E-state index contributed by atoms with van der Waals surface area (Å²) in [5, 5.41) is 13.5. The molecule has 0 atom stereocenters. The summed E-state index contributed by atoms with van der Waals surface area (Å²) >= 11 is 0. The van der Waals surface area contributed by atoms with Crippen LogP contribution in [0.1, 0.15) is 22.8 Å². The third kappa shape index (κ3) is 5.29. The van der Waals surface area contributed by atoms with Gasteiger partial charge in [0.25, 0.3) is 11.6 Å². The summed E-state index contributed by atoms with van der Waals surface area (Å²) in [5.74, 6) is 0.524. The molecule has 0 unspecified atom stereocenters. The Morgan fingerprint density at radius 1 is 1.10 bits per heavy atom. The first-order valence-electron chi connectivity index (χ1n) is 8.91. The van der Waals surface area contributed by atoms with Gasteiger partial charge in [-0.2, -0.15) is 0 Å². The van der Waals surface area contributed by atoms with Crippen LogP contribution >= 0.6 is 0 Å². The standard InChI is InChI=1S/C21H19N3O5/c1-2-28-20-11-16(8-9-19(20)29-14-15-5-4-10-22-13-15)21(25)23-17-6-3-7-18(12-17)24(26)27/h3-13H,2,14H2,1H3,(H,23,25). The van der Waals surface area contributed by atoms with Crippen LogP contribution in [-0.4, -0.2) is 22.4 Å². The van der Waals surface area contributed by atoms with Crippen molar-refractivity contribution in [2.24, 2.45) is 0 Å². The van der Waals surface area contributed by atoms with E-state index in [2.05, 4.69) is 10.3 Å². The third-order valence-corrected chi connectivity index (χ3v) is 3.94. The molecule has 0 fully saturated rings. The lowest BCUT2D eigenvalue weighted by atomic mass is 10.1. The van der Waals surface area contributed by atoms with Crippen LogP contribution in [0, 0.1) is 10.1 Å². The van der Waals surface area contributed by atoms with Gasteiger partial charge >= 0.3 is 0 Å². The second kappa shape index (κ2) is 9.32. The molecule has 1 heterocycles. The number of hydrogen-bond acceptors (Lipinski definition) is 6. The van der Waals surface area contributed by atoms with E-state index in [9.17, 15) is 14.9 Å². The molecule has 0 saturated heterocycles. The monoisotopic (exact) mass is 393 g/mol. The highest BCUT2D eigenvalue weighted by molar-refractivity contribution is 6.04. The van der Waals surface area contributed by atoms with Gasteiger partial charge in [0.2, 0.25) is 0 Å². The lowest BCUT2D eigenvalue weighted by Gasteiger charge is -2.13. The van der Waals surface area contributed by atoms with Gasteiger partial charge in [-0.1, -0.05) is 12.1 Å². The number of pyridine rings is 1. The number of nitrogens with zero attached hydrogens (tertiary/aromatic N) is 2. The van der Waals surface area contributed by atoms with Crippen molar-refractivity contribution in [2.75, 3.05) is 11.9 Å². The highest BCUT2D eigenvalue weighted by Crippen LogP contribution is 2.30. The zero-order chi connectivity index (χ0) is 20.6. The minimum atomic E-state index is -0.517. The molecule has 1 aromatic heterocycles. The molecule has 0 aliphatic rings. The van der Waals surface area contributed by atoms with Crippen LogP contribution in [0.5, 0.6) is 11.5 Å². The molecule has 1 N–H and O–H groups in total. The summed E-state index contributed by atoms with van der Waals surface area (Å²) in [6.07, 6.45) is 3.39. The van der Waals surface area contributed by atoms with Crippen LogP contribution in [0.25, 0.3) is 0 Å². The number of aromatic nitrogens is 1. The highest BCUT2D eigenvalue weighted by Gasteiger charge is 2.14. The Bertz CT molecular complexity index is 1010. The lowest BCUT2D eigenvalue weighted by molar-refractivity contribution is -0.384. The average Bonchev–Trinajstić information content (AvgIpc) is 2.74. The zero-order valence-corrected chi connectivity index (χ0v) is 15.7. The van der Waals surface area contributed by atoms with Gasteiger partial charge in [0.15, 0.2) is 11.5 Å². The number of nitrogens with one attached hydrogen (secondary N) is 1. The number of carbonyl (C=O) groups is 1. The van der Waals surface area contributed by atoms with E-state index in [1.165, 1.54) is 18.2 Å². The Kier molecular flexibility index (Phi) is 6.36. The summed E-state index contributed by atoms with van der Waals surface area (Å²) in [4.78, 5) is 27.0. The normalized spacial score (nSPS) is 10.2. The average molecular weight is 393 g/mol. The molecule has 0 radical (unpaired) electrons. The fraction of sp³-hybridized carbons (Fsp3) is 0.143. The molecule has 8 heteroatoms. The molecule has 2 aromatic carbocycles. The van der Waals surface area contributed by atoms with Gasteiger partial charge in [-0.25, -0.2) is 0 Å². The van der Waals surface area contributed by atoms with Crippen LogP contribution in [0.4, 0.5) is 11.4 Å². The summed E-state index contributed by atoms with van der Waals surface area (Å²) < 4.78 is 11.4. The van der Waals surface area contributed by atoms with Crippen molar-refractivity contribution < 1.29 is 19.2 Å². The molecular weight excluding hydrogens is 374 g/mol. The van der Waals surface area contributed by atoms with E-state index in [0.717, 1.165) is 5.56 Å². The Morgan fingerprint density at radius 3 is 2.69 bits per heavy atom. The van der Waals surface area contributed by atoms with E-state index >= 15 is 0 Å². The fourth-order valence-electron chi connectivity index (χ4n) is 2.58. The molecule has 0 aliphatic carbocycles. The van der Waals surface area contributed by atoms with E-state index in [0.29, 0.717) is 36.0 Å². The number of hydrogen-bond donors (Lipinski definition) is 1. The molecule has 0 aliphatic heterocycles. The van der Waals surface area contributed by atoms with Gasteiger partial charge in [-0.05, 0) is 37.3 Å². The van der Waals surface area contributed by atoms with Crippen molar-refractivity contribution in [3.63, 3.8) is 0 Å². The molecule has 148 valence electrons. The first-order chi connectivity index (χ1) is 14.1. The van der Waals surface area contributed by atoms with Gasteiger partial charge < -0.3 is 14.8 Å². The summed E-state index contributed by atoms with van der Waals surface area (Å²) in [6, 6.07) is 14.3. The van der Waals surface area contributed by atoms with Gasteiger partial charge in [0.05, 0.1) is 11.5 Å². The van der Waals surface area contributed by atoms with Crippen molar-refractivity contribution in [3.8, 4) is 11.5 Å². The van der Waals surface area contributed by atoms with Gasteiger partial charge in [0, 0.05) is 41.3 Å². The molecule has 3 aromatic rings. The maximum Gasteiger partial charge on any atom is 0.271 e. The topological polar surface area (TPSA) is 104 Å². The predicted molar refractivity (Wildman–Crippen MR) is 107 cm³/mol. The summed E-state index contributed by atoms with van der Waals surface area (Å²) in [7, 11) is 0. The van der Waals surface area contributed by atoms with Gasteiger partial charge in [-0.3, -0.25) is 19.9 Å². The molecule has 3 rings (SSSR count). The Labute approximate surface area is 167 Å². The Hall–Kier alpha value is -3.94. The fourth-order valence-corrected chi connectivity index (χ4v) is 2.58. The van der Waals surface area contributed by atoms with Crippen LogP contribution in [0.3, 0.4) is 0 Å². The predicted octanol–water partition coefficient (Wildman–Crippen LogP) is 4.22. The molecular formula is C21H19N3O5. The van der Waals surface area contributed by atoms with Gasteiger partial charge in [-0.15, -0.1) is 0 Å². The van der Waals surface area contributed by atoms with Crippen LogP contribution in [-0.2, 0) is 6.61 Å². The van der Waals surface area contributed by atoms with E-state index in [1.54, 1.807) is 36.7 Å². The molecule has 29 heavy (non-hydrogen) atoms. The number of ether oxygens (including phenoxy) is 2. The number of nitro groups is 1. The van der Waals surface area contributed by atoms with E-state index in [-0.39, 0.29) is 5.69 Å². The van der Waals surface area contributed by atoms with Crippen molar-refractivity contribution in [1.29, 1.82) is 0 Å². The van der Waals surface area contributed by atoms with Crippen LogP contribution in [0.15, 0.2) is 67.0 Å². The molecule has 8 nitrogen and oxygen atoms in total. The number of benzene rings is 2. The third-order valence-electron chi connectivity index (χ3n) is 3.94. The van der Waals surface area contributed by atoms with Crippen molar-refractivity contribution in [2.45, 2.75) is 13.5 Å². The minimum Gasteiger partial charge on any atom is -0.490 e. The van der Waals surface area contributed by atoms with Crippen LogP contribution in [0.2, 0.25) is 0 Å². The SMILES string of the molecule is CCOc1cc(C(=O)Nc2cccc([N+](=O)[O-])c2)ccc1OCc1cccnc1. The summed E-state index contributed by atoms with van der Waals surface area (Å²) in [5.41, 5.74) is 1.48. The van der Waals surface area contributed by atoms with E-state index < -0.39 is 10.8 Å². The minimum absolute atomic E-state index is 0.100. The smallest absolute Gasteiger partial charge is 0.271 e. The van der Waals surface area contributed by atoms with Crippen molar-refractivity contribution in [1.82, 2.24) is 4.98 Å². The first kappa shape index (κ1) is 19.8. The number of rotatable bonds is 8. The van der Waals surface area contributed by atoms with Crippen molar-refractivity contribution in [3.05, 3.63) is 88.2 Å². The van der Waals surface area contributed by atoms with Gasteiger partial charge in [0.1, 0.15) is 6.61 Å². The van der Waals surface area contributed by atoms with E-state index in [1.807, 2.05) is 19.1 Å². The number of anilines is 1. The maximum absolute atomic E-state index is 12.6. The lowest BCUT2D eigenvalue weighted by Crippen LogP contribution is -2.12. The second-order valence-electron chi connectivity index (χ2n) is 6.01. The highest BCUT2D eigenvalue weighted by atomic mass is 16.6. The molecule has 0 bridgehead atoms. The quantitative estimate of drug-likeness (QED) is 0.454. The first-order valence-corrected chi connectivity index (χ1v) is 8.91. The Morgan fingerprint density at radius 2 is 1.97 bits per heavy atom. The zero-order valence-electron chi connectivity index (χ0n) is 15.7. The Balaban J connectivity index is 1.75. The number of amides is 1. The number of nitro benzene ring substituents is 1.